The van der Waals surface area contributed by atoms with Crippen molar-refractivity contribution in [3.05, 3.63) is 63.6 Å². The zero-order chi connectivity index (χ0) is 13.0. The van der Waals surface area contributed by atoms with Gasteiger partial charge in [-0.25, -0.2) is 0 Å². The molecule has 0 aliphatic carbocycles. The van der Waals surface area contributed by atoms with Gasteiger partial charge in [-0.3, -0.25) is 0 Å². The van der Waals surface area contributed by atoms with Crippen molar-refractivity contribution in [1.82, 2.24) is 5.32 Å². The van der Waals surface area contributed by atoms with Gasteiger partial charge in [-0.15, -0.1) is 0 Å². The summed E-state index contributed by atoms with van der Waals surface area (Å²) in [5.74, 6) is 0.341. The van der Waals surface area contributed by atoms with Crippen molar-refractivity contribution in [1.29, 1.82) is 0 Å². The van der Waals surface area contributed by atoms with Gasteiger partial charge in [-0.05, 0) is 30.2 Å². The number of phenolic OH excluding ortho intramolecular Hbond substituents is 1. The maximum atomic E-state index is 9.65. The Morgan fingerprint density at radius 2 is 1.78 bits per heavy atom. The predicted molar refractivity (Wildman–Crippen MR) is 77.5 cm³/mol. The molecule has 0 bridgehead atoms. The number of para-hydroxylation sites is 1. The molecule has 18 heavy (non-hydrogen) atoms. The van der Waals surface area contributed by atoms with Crippen molar-refractivity contribution < 1.29 is 5.11 Å². The summed E-state index contributed by atoms with van der Waals surface area (Å²) in [6.07, 6.45) is 0. The molecule has 0 unspecified atom stereocenters. The third-order valence-corrected chi connectivity index (χ3v) is 3.57. The number of aryl methyl sites for hydroxylation is 1. The highest BCUT2D eigenvalue weighted by Gasteiger charge is 2.02. The van der Waals surface area contributed by atoms with Gasteiger partial charge < -0.3 is 10.4 Å². The summed E-state index contributed by atoms with van der Waals surface area (Å²) in [6.45, 7) is 3.51. The molecule has 0 amide bonds. The molecule has 0 saturated heterocycles. The molecular formula is C15H16BrNO. The van der Waals surface area contributed by atoms with Crippen molar-refractivity contribution >= 4 is 15.9 Å². The van der Waals surface area contributed by atoms with Crippen LogP contribution in [0.25, 0.3) is 0 Å². The Balaban J connectivity index is 1.95. The van der Waals surface area contributed by atoms with E-state index in [-0.39, 0.29) is 0 Å². The first-order valence-electron chi connectivity index (χ1n) is 5.89. The average Bonchev–Trinajstić information content (AvgIpc) is 2.34. The molecule has 0 aromatic heterocycles. The van der Waals surface area contributed by atoms with Crippen LogP contribution in [0, 0.1) is 6.92 Å². The summed E-state index contributed by atoms with van der Waals surface area (Å²) in [7, 11) is 0. The number of nitrogens with one attached hydrogen (secondary N) is 1. The molecule has 0 heterocycles. The number of hydrogen-bond acceptors (Lipinski definition) is 2. The van der Waals surface area contributed by atoms with Crippen molar-refractivity contribution in [3.63, 3.8) is 0 Å². The molecule has 0 aliphatic rings. The molecule has 0 atom stereocenters. The molecule has 3 heteroatoms. The Labute approximate surface area is 116 Å². The minimum absolute atomic E-state index is 0.341. The summed E-state index contributed by atoms with van der Waals surface area (Å²) >= 11 is 3.56. The summed E-state index contributed by atoms with van der Waals surface area (Å²) in [5.41, 5.74) is 3.38. The van der Waals surface area contributed by atoms with Crippen LogP contribution in [0.4, 0.5) is 0 Å². The lowest BCUT2D eigenvalue weighted by Crippen LogP contribution is -2.13. The predicted octanol–water partition coefficient (Wildman–Crippen LogP) is 3.75. The van der Waals surface area contributed by atoms with Crippen molar-refractivity contribution in [2.24, 2.45) is 0 Å². The SMILES string of the molecule is Cc1ccc(CNCc2ccccc2O)c(Br)c1. The van der Waals surface area contributed by atoms with Crippen LogP contribution in [0.15, 0.2) is 46.9 Å². The number of rotatable bonds is 4. The second-order valence-electron chi connectivity index (χ2n) is 4.33. The standard InChI is InChI=1S/C15H16BrNO/c1-11-6-7-12(14(16)8-11)9-17-10-13-4-2-3-5-15(13)18/h2-8,17-18H,9-10H2,1H3. The minimum Gasteiger partial charge on any atom is -0.508 e. The molecule has 0 aliphatic heterocycles. The van der Waals surface area contributed by atoms with E-state index in [9.17, 15) is 5.11 Å². The van der Waals surface area contributed by atoms with E-state index in [0.717, 1.165) is 16.6 Å². The van der Waals surface area contributed by atoms with E-state index in [0.29, 0.717) is 12.3 Å². The minimum atomic E-state index is 0.341. The molecule has 2 nitrogen and oxygen atoms in total. The molecule has 0 spiro atoms. The van der Waals surface area contributed by atoms with Crippen molar-refractivity contribution in [3.8, 4) is 5.75 Å². The van der Waals surface area contributed by atoms with Crippen LogP contribution in [0.1, 0.15) is 16.7 Å². The first kappa shape index (κ1) is 13.1. The van der Waals surface area contributed by atoms with Crippen LogP contribution >= 0.6 is 15.9 Å². The van der Waals surface area contributed by atoms with Crippen molar-refractivity contribution in [2.45, 2.75) is 20.0 Å². The van der Waals surface area contributed by atoms with Crippen LogP contribution in [-0.2, 0) is 13.1 Å². The Morgan fingerprint density at radius 3 is 2.50 bits per heavy atom. The van der Waals surface area contributed by atoms with Crippen LogP contribution in [0.2, 0.25) is 0 Å². The van der Waals surface area contributed by atoms with E-state index in [1.54, 1.807) is 6.07 Å². The number of aromatic hydroxyl groups is 1. The first-order chi connectivity index (χ1) is 8.66. The van der Waals surface area contributed by atoms with E-state index in [4.69, 9.17) is 0 Å². The molecule has 0 saturated carbocycles. The quantitative estimate of drug-likeness (QED) is 0.901. The monoisotopic (exact) mass is 305 g/mol. The fraction of sp³-hybridized carbons (Fsp3) is 0.200. The van der Waals surface area contributed by atoms with E-state index in [1.165, 1.54) is 11.1 Å². The lowest BCUT2D eigenvalue weighted by atomic mass is 10.1. The molecule has 0 radical (unpaired) electrons. The first-order valence-corrected chi connectivity index (χ1v) is 6.69. The van der Waals surface area contributed by atoms with Gasteiger partial charge in [0.15, 0.2) is 0 Å². The molecular weight excluding hydrogens is 290 g/mol. The van der Waals surface area contributed by atoms with Gasteiger partial charge in [0.05, 0.1) is 0 Å². The molecule has 2 aromatic carbocycles. The number of benzene rings is 2. The van der Waals surface area contributed by atoms with Gasteiger partial charge in [0.2, 0.25) is 0 Å². The lowest BCUT2D eigenvalue weighted by molar-refractivity contribution is 0.464. The van der Waals surface area contributed by atoms with Crippen LogP contribution in [0.3, 0.4) is 0 Å². The van der Waals surface area contributed by atoms with Gasteiger partial charge in [0, 0.05) is 23.1 Å². The lowest BCUT2D eigenvalue weighted by Gasteiger charge is -2.08. The zero-order valence-electron chi connectivity index (χ0n) is 10.3. The number of hydrogen-bond donors (Lipinski definition) is 2. The number of halogens is 1. The largest absolute Gasteiger partial charge is 0.508 e. The van der Waals surface area contributed by atoms with Gasteiger partial charge in [-0.1, -0.05) is 46.3 Å². The second-order valence-corrected chi connectivity index (χ2v) is 5.18. The maximum Gasteiger partial charge on any atom is 0.120 e. The smallest absolute Gasteiger partial charge is 0.120 e. The average molecular weight is 306 g/mol. The Bertz CT molecular complexity index is 540. The third-order valence-electron chi connectivity index (χ3n) is 2.83. The Hall–Kier alpha value is -1.32. The summed E-state index contributed by atoms with van der Waals surface area (Å²) < 4.78 is 1.12. The van der Waals surface area contributed by atoms with Crippen molar-refractivity contribution in [2.75, 3.05) is 0 Å². The Kier molecular flexibility index (Phi) is 4.39. The van der Waals surface area contributed by atoms with Gasteiger partial charge in [0.1, 0.15) is 5.75 Å². The summed E-state index contributed by atoms with van der Waals surface area (Å²) in [4.78, 5) is 0. The normalized spacial score (nSPS) is 10.6. The van der Waals surface area contributed by atoms with Crippen LogP contribution in [0.5, 0.6) is 5.75 Å². The van der Waals surface area contributed by atoms with E-state index in [2.05, 4.69) is 46.4 Å². The fourth-order valence-corrected chi connectivity index (χ4v) is 2.42. The second kappa shape index (κ2) is 6.03. The van der Waals surface area contributed by atoms with Gasteiger partial charge in [0.25, 0.3) is 0 Å². The highest BCUT2D eigenvalue weighted by atomic mass is 79.9. The third kappa shape index (κ3) is 3.34. The highest BCUT2D eigenvalue weighted by Crippen LogP contribution is 2.19. The van der Waals surface area contributed by atoms with E-state index in [1.807, 2.05) is 18.2 Å². The van der Waals surface area contributed by atoms with Gasteiger partial charge >= 0.3 is 0 Å². The molecule has 94 valence electrons. The molecule has 2 N–H and O–H groups in total. The maximum absolute atomic E-state index is 9.65. The van der Waals surface area contributed by atoms with Crippen LogP contribution < -0.4 is 5.32 Å². The molecule has 0 fully saturated rings. The van der Waals surface area contributed by atoms with E-state index < -0.39 is 0 Å². The fourth-order valence-electron chi connectivity index (χ4n) is 1.79. The highest BCUT2D eigenvalue weighted by molar-refractivity contribution is 9.10. The molecule has 2 rings (SSSR count). The van der Waals surface area contributed by atoms with Crippen LogP contribution in [-0.4, -0.2) is 5.11 Å². The summed E-state index contributed by atoms with van der Waals surface area (Å²) in [6, 6.07) is 13.7. The topological polar surface area (TPSA) is 32.3 Å². The zero-order valence-corrected chi connectivity index (χ0v) is 11.9. The van der Waals surface area contributed by atoms with E-state index >= 15 is 0 Å². The molecule has 2 aromatic rings. The summed E-state index contributed by atoms with van der Waals surface area (Å²) in [5, 5.41) is 13.0. The Morgan fingerprint density at radius 1 is 1.06 bits per heavy atom. The number of phenols is 1. The van der Waals surface area contributed by atoms with Gasteiger partial charge in [-0.2, -0.15) is 0 Å².